The van der Waals surface area contributed by atoms with Crippen LogP contribution in [0.1, 0.15) is 82.8 Å². The van der Waals surface area contributed by atoms with Crippen molar-refractivity contribution in [3.05, 3.63) is 71.8 Å². The van der Waals surface area contributed by atoms with Crippen molar-refractivity contribution >= 4 is 17.5 Å². The lowest BCUT2D eigenvalue weighted by molar-refractivity contribution is -0.151. The van der Waals surface area contributed by atoms with Crippen LogP contribution in [0.4, 0.5) is 0 Å². The zero-order chi connectivity index (χ0) is 23.8. The molecule has 1 unspecified atom stereocenters. The maximum Gasteiger partial charge on any atom is 0.291 e. The number of carbonyl (C=O) groups is 3. The molecule has 0 aromatic heterocycles. The maximum atomic E-state index is 13.1. The van der Waals surface area contributed by atoms with Crippen molar-refractivity contribution in [2.45, 2.75) is 77.7 Å². The zero-order valence-electron chi connectivity index (χ0n) is 20.3. The molecule has 4 nitrogen and oxygen atoms in total. The highest BCUT2D eigenvalue weighted by Crippen LogP contribution is 2.32. The van der Waals surface area contributed by atoms with Gasteiger partial charge < -0.3 is 4.90 Å². The molecule has 1 atom stereocenters. The van der Waals surface area contributed by atoms with Gasteiger partial charge in [-0.15, -0.1) is 0 Å². The Morgan fingerprint density at radius 3 is 2.00 bits per heavy atom. The van der Waals surface area contributed by atoms with E-state index in [9.17, 15) is 14.4 Å². The van der Waals surface area contributed by atoms with Gasteiger partial charge in [0.25, 0.3) is 5.91 Å². The molecule has 1 aliphatic heterocycles. The lowest BCUT2D eigenvalue weighted by Gasteiger charge is -2.29. The van der Waals surface area contributed by atoms with Crippen molar-refractivity contribution in [3.8, 4) is 0 Å². The van der Waals surface area contributed by atoms with E-state index in [4.69, 9.17) is 0 Å². The summed E-state index contributed by atoms with van der Waals surface area (Å²) >= 11 is 0. The minimum Gasteiger partial charge on any atom is -0.326 e. The third kappa shape index (κ3) is 5.79. The van der Waals surface area contributed by atoms with E-state index >= 15 is 0 Å². The number of hydrogen-bond acceptors (Lipinski definition) is 3. The van der Waals surface area contributed by atoms with Crippen molar-refractivity contribution in [3.63, 3.8) is 0 Å². The van der Waals surface area contributed by atoms with Gasteiger partial charge in [0.2, 0.25) is 5.78 Å². The number of likely N-dealkylation sites (tertiary alicyclic amines) is 1. The second-order valence-corrected chi connectivity index (χ2v) is 9.49. The summed E-state index contributed by atoms with van der Waals surface area (Å²) in [6.07, 6.45) is 4.73. The highest BCUT2D eigenvalue weighted by molar-refractivity contribution is 6.38. The van der Waals surface area contributed by atoms with Crippen LogP contribution in [0, 0.1) is 5.41 Å². The van der Waals surface area contributed by atoms with Gasteiger partial charge in [-0.25, -0.2) is 0 Å². The molecule has 1 heterocycles. The van der Waals surface area contributed by atoms with Crippen LogP contribution in [0.15, 0.2) is 60.7 Å². The normalized spacial score (nSPS) is 16.2. The fourth-order valence-electron chi connectivity index (χ4n) is 4.85. The van der Waals surface area contributed by atoms with Crippen molar-refractivity contribution < 1.29 is 14.4 Å². The highest BCUT2D eigenvalue weighted by atomic mass is 16.2. The molecular weight excluding hydrogens is 410 g/mol. The fraction of sp³-hybridized carbons (Fsp3) is 0.483. The largest absolute Gasteiger partial charge is 0.326 e. The minimum atomic E-state index is -0.647. The van der Waals surface area contributed by atoms with E-state index in [2.05, 4.69) is 48.5 Å². The molecule has 0 N–H and O–H groups in total. The van der Waals surface area contributed by atoms with Crippen LogP contribution in [-0.4, -0.2) is 35.0 Å². The van der Waals surface area contributed by atoms with Crippen molar-refractivity contribution in [2.24, 2.45) is 5.41 Å². The van der Waals surface area contributed by atoms with E-state index in [1.807, 2.05) is 32.9 Å². The first-order chi connectivity index (χ1) is 15.9. The summed E-state index contributed by atoms with van der Waals surface area (Å²) < 4.78 is 0. The van der Waals surface area contributed by atoms with Crippen LogP contribution >= 0.6 is 0 Å². The van der Waals surface area contributed by atoms with Gasteiger partial charge in [-0.3, -0.25) is 14.4 Å². The molecular formula is C29H37NO3. The Balaban J connectivity index is 1.64. The highest BCUT2D eigenvalue weighted by Gasteiger charge is 2.42. The molecule has 1 aliphatic rings. The molecule has 0 spiro atoms. The summed E-state index contributed by atoms with van der Waals surface area (Å²) in [6.45, 7) is 6.24. The number of benzene rings is 2. The number of nitrogens with zero attached hydrogens (tertiary/aromatic N) is 1. The molecule has 2 aromatic rings. The topological polar surface area (TPSA) is 54.5 Å². The Morgan fingerprint density at radius 2 is 1.48 bits per heavy atom. The van der Waals surface area contributed by atoms with Gasteiger partial charge in [0.1, 0.15) is 0 Å². The summed E-state index contributed by atoms with van der Waals surface area (Å²) in [7, 11) is 0. The average molecular weight is 448 g/mol. The molecule has 1 saturated heterocycles. The van der Waals surface area contributed by atoms with Crippen LogP contribution in [-0.2, 0) is 14.4 Å². The van der Waals surface area contributed by atoms with E-state index in [0.29, 0.717) is 32.2 Å². The third-order valence-electron chi connectivity index (χ3n) is 7.51. The van der Waals surface area contributed by atoms with E-state index in [0.717, 1.165) is 19.3 Å². The molecule has 0 radical (unpaired) electrons. The first kappa shape index (κ1) is 24.9. The number of Topliss-reactive ketones (excluding diaryl/α,β-unsaturated/α-hetero) is 2. The second-order valence-electron chi connectivity index (χ2n) is 9.49. The smallest absolute Gasteiger partial charge is 0.291 e. The predicted molar refractivity (Wildman–Crippen MR) is 132 cm³/mol. The van der Waals surface area contributed by atoms with E-state index < -0.39 is 17.4 Å². The van der Waals surface area contributed by atoms with Gasteiger partial charge in [0.05, 0.1) is 6.04 Å². The quantitative estimate of drug-likeness (QED) is 0.400. The summed E-state index contributed by atoms with van der Waals surface area (Å²) in [6, 6.07) is 20.3. The Hall–Kier alpha value is -2.75. The minimum absolute atomic E-state index is 0.0863. The number of rotatable bonds is 11. The Kier molecular flexibility index (Phi) is 8.60. The molecule has 3 rings (SSSR count). The average Bonchev–Trinajstić information content (AvgIpc) is 3.36. The molecule has 4 heteroatoms. The second kappa shape index (κ2) is 11.4. The van der Waals surface area contributed by atoms with Gasteiger partial charge in [0, 0.05) is 24.3 Å². The molecule has 176 valence electrons. The maximum absolute atomic E-state index is 13.1. The molecule has 0 saturated carbocycles. The monoisotopic (exact) mass is 447 g/mol. The van der Waals surface area contributed by atoms with Gasteiger partial charge in [-0.2, -0.15) is 0 Å². The summed E-state index contributed by atoms with van der Waals surface area (Å²) in [4.78, 5) is 40.6. The molecule has 33 heavy (non-hydrogen) atoms. The Labute approximate surface area is 198 Å². The number of amides is 1. The van der Waals surface area contributed by atoms with Gasteiger partial charge in [-0.1, -0.05) is 81.4 Å². The predicted octanol–water partition coefficient (Wildman–Crippen LogP) is 5.94. The van der Waals surface area contributed by atoms with E-state index in [-0.39, 0.29) is 17.5 Å². The van der Waals surface area contributed by atoms with Gasteiger partial charge in [0.15, 0.2) is 5.78 Å². The summed E-state index contributed by atoms with van der Waals surface area (Å²) in [5.41, 5.74) is 1.85. The van der Waals surface area contributed by atoms with E-state index in [1.165, 1.54) is 11.1 Å². The van der Waals surface area contributed by atoms with Crippen molar-refractivity contribution in [1.82, 2.24) is 4.90 Å². The number of carbonyl (C=O) groups excluding carboxylic acids is 3. The molecule has 1 fully saturated rings. The van der Waals surface area contributed by atoms with Crippen LogP contribution in [0.25, 0.3) is 0 Å². The lowest BCUT2D eigenvalue weighted by atomic mass is 9.79. The summed E-state index contributed by atoms with van der Waals surface area (Å²) in [5, 5.41) is 0. The molecule has 0 aliphatic carbocycles. The molecule has 0 bridgehead atoms. The van der Waals surface area contributed by atoms with E-state index in [1.54, 1.807) is 4.90 Å². The van der Waals surface area contributed by atoms with Crippen LogP contribution in [0.2, 0.25) is 0 Å². The van der Waals surface area contributed by atoms with Crippen molar-refractivity contribution in [2.75, 3.05) is 6.54 Å². The Morgan fingerprint density at radius 1 is 0.939 bits per heavy atom. The summed E-state index contributed by atoms with van der Waals surface area (Å²) in [5.74, 6) is -0.495. The first-order valence-corrected chi connectivity index (χ1v) is 12.4. The van der Waals surface area contributed by atoms with Crippen LogP contribution in [0.3, 0.4) is 0 Å². The SMILES string of the molecule is CCC(C)(CC)C(=O)C(=O)N1CCCC1C(=O)CCCC(c1ccccc1)c1ccccc1. The number of hydrogen-bond donors (Lipinski definition) is 0. The van der Waals surface area contributed by atoms with Gasteiger partial charge in [-0.05, 0) is 49.7 Å². The standard InChI is InChI=1S/C29H37NO3/c1-4-29(3,5-2)27(32)28(33)30-21-13-19-25(30)26(31)20-12-18-24(22-14-8-6-9-15-22)23-16-10-7-11-17-23/h6-11,14-17,24-25H,4-5,12-13,18-21H2,1-3H3. The Bertz CT molecular complexity index is 894. The van der Waals surface area contributed by atoms with Crippen LogP contribution < -0.4 is 0 Å². The fourth-order valence-corrected chi connectivity index (χ4v) is 4.85. The third-order valence-corrected chi connectivity index (χ3v) is 7.51. The molecule has 1 amide bonds. The first-order valence-electron chi connectivity index (χ1n) is 12.4. The van der Waals surface area contributed by atoms with Crippen LogP contribution in [0.5, 0.6) is 0 Å². The zero-order valence-corrected chi connectivity index (χ0v) is 20.3. The number of ketones is 2. The van der Waals surface area contributed by atoms with Crippen molar-refractivity contribution in [1.29, 1.82) is 0 Å². The molecule has 2 aromatic carbocycles. The van der Waals surface area contributed by atoms with Gasteiger partial charge >= 0.3 is 0 Å². The lowest BCUT2D eigenvalue weighted by Crippen LogP contribution is -2.48.